The quantitative estimate of drug-likeness (QED) is 0.246. The van der Waals surface area contributed by atoms with E-state index in [-0.39, 0.29) is 5.56 Å². The predicted molar refractivity (Wildman–Crippen MR) is 79.5 cm³/mol. The minimum absolute atomic E-state index is 0.106. The van der Waals surface area contributed by atoms with Crippen molar-refractivity contribution in [1.29, 1.82) is 0 Å². The van der Waals surface area contributed by atoms with Crippen molar-refractivity contribution in [2.75, 3.05) is 14.2 Å². The summed E-state index contributed by atoms with van der Waals surface area (Å²) in [5, 5.41) is 21.7. The van der Waals surface area contributed by atoms with Crippen LogP contribution in [0.2, 0.25) is 0 Å². The highest BCUT2D eigenvalue weighted by molar-refractivity contribution is 5.98. The largest absolute Gasteiger partial charge is 0.466 e. The number of carbonyl (C=O) groups excluding carboxylic acids is 2. The van der Waals surface area contributed by atoms with Crippen LogP contribution in [0.15, 0.2) is 35.0 Å². The van der Waals surface area contributed by atoms with Crippen LogP contribution in [0.5, 0.6) is 0 Å². The van der Waals surface area contributed by atoms with E-state index in [9.17, 15) is 29.8 Å². The molecule has 0 aromatic heterocycles. The maximum Gasteiger partial charge on any atom is 0.356 e. The molecule has 126 valence electrons. The summed E-state index contributed by atoms with van der Waals surface area (Å²) < 4.78 is 8.77. The molecule has 0 saturated heterocycles. The minimum atomic E-state index is -0.971. The fraction of sp³-hybridized carbons (Fsp3) is 0.154. The van der Waals surface area contributed by atoms with Gasteiger partial charge in [-0.15, -0.1) is 0 Å². The Hall–Kier alpha value is -3.63. The molecule has 0 aliphatic carbocycles. The number of nitrogens with zero attached hydrogens (tertiary/aromatic N) is 3. The van der Waals surface area contributed by atoms with Gasteiger partial charge in [-0.25, -0.2) is 14.6 Å². The number of hydrogen-bond acceptors (Lipinski definition) is 9. The zero-order valence-corrected chi connectivity index (χ0v) is 12.5. The highest BCUT2D eigenvalue weighted by atomic mass is 16.6. The molecule has 0 unspecified atom stereocenters. The minimum Gasteiger partial charge on any atom is -0.466 e. The molecule has 11 nitrogen and oxygen atoms in total. The standard InChI is InChI=1S/C13H11N3O8/c1-23-12(17)6-10(13(18)24-2)14-7-8-3-4-9(15(19)20)5-11(8)16(21)22/h3-7H,1-2H3/b10-6-,14-7?. The van der Waals surface area contributed by atoms with E-state index < -0.39 is 38.9 Å². The van der Waals surface area contributed by atoms with Crippen molar-refractivity contribution in [3.63, 3.8) is 0 Å². The van der Waals surface area contributed by atoms with Gasteiger partial charge in [0, 0.05) is 12.3 Å². The van der Waals surface area contributed by atoms with Gasteiger partial charge in [0.15, 0.2) is 5.70 Å². The highest BCUT2D eigenvalue weighted by Crippen LogP contribution is 2.23. The first-order valence-electron chi connectivity index (χ1n) is 6.15. The third-order valence-electron chi connectivity index (χ3n) is 2.61. The van der Waals surface area contributed by atoms with E-state index in [2.05, 4.69) is 14.5 Å². The van der Waals surface area contributed by atoms with Crippen LogP contribution in [0.1, 0.15) is 5.56 Å². The van der Waals surface area contributed by atoms with Crippen molar-refractivity contribution in [1.82, 2.24) is 0 Å². The van der Waals surface area contributed by atoms with E-state index in [0.29, 0.717) is 0 Å². The first-order valence-corrected chi connectivity index (χ1v) is 6.15. The van der Waals surface area contributed by atoms with Crippen LogP contribution in [0.25, 0.3) is 0 Å². The Morgan fingerprint density at radius 2 is 1.79 bits per heavy atom. The number of nitro benzene ring substituents is 2. The van der Waals surface area contributed by atoms with Crippen molar-refractivity contribution >= 4 is 29.5 Å². The molecule has 0 radical (unpaired) electrons. The lowest BCUT2D eigenvalue weighted by Gasteiger charge is -2.00. The second-order valence-electron chi connectivity index (χ2n) is 4.06. The van der Waals surface area contributed by atoms with Crippen molar-refractivity contribution < 1.29 is 28.9 Å². The Morgan fingerprint density at radius 3 is 2.29 bits per heavy atom. The summed E-state index contributed by atoms with van der Waals surface area (Å²) in [6.45, 7) is 0. The average Bonchev–Trinajstić information content (AvgIpc) is 2.57. The molecular formula is C13H11N3O8. The van der Waals surface area contributed by atoms with Crippen molar-refractivity contribution in [2.45, 2.75) is 0 Å². The summed E-state index contributed by atoms with van der Waals surface area (Å²) in [5.41, 5.74) is -1.63. The number of aliphatic imine (C=N–C) groups is 1. The summed E-state index contributed by atoms with van der Waals surface area (Å²) in [4.78, 5) is 46.4. The maximum absolute atomic E-state index is 11.5. The topological polar surface area (TPSA) is 151 Å². The number of benzene rings is 1. The first kappa shape index (κ1) is 18.4. The normalized spacial score (nSPS) is 11.2. The van der Waals surface area contributed by atoms with Gasteiger partial charge in [-0.2, -0.15) is 0 Å². The lowest BCUT2D eigenvalue weighted by molar-refractivity contribution is -0.394. The van der Waals surface area contributed by atoms with Gasteiger partial charge < -0.3 is 9.47 Å². The van der Waals surface area contributed by atoms with Crippen molar-refractivity contribution in [2.24, 2.45) is 4.99 Å². The van der Waals surface area contributed by atoms with Crippen LogP contribution in [0.4, 0.5) is 11.4 Å². The lowest BCUT2D eigenvalue weighted by Crippen LogP contribution is -2.07. The van der Waals surface area contributed by atoms with E-state index in [1.54, 1.807) is 0 Å². The van der Waals surface area contributed by atoms with Crippen LogP contribution in [-0.2, 0) is 19.1 Å². The monoisotopic (exact) mass is 337 g/mol. The molecule has 0 atom stereocenters. The molecule has 0 saturated carbocycles. The van der Waals surface area contributed by atoms with Gasteiger partial charge in [0.2, 0.25) is 0 Å². The molecule has 0 bridgehead atoms. The van der Waals surface area contributed by atoms with Crippen molar-refractivity contribution in [3.8, 4) is 0 Å². The van der Waals surface area contributed by atoms with Crippen LogP contribution in [0, 0.1) is 20.2 Å². The van der Waals surface area contributed by atoms with E-state index in [1.165, 1.54) is 0 Å². The molecule has 0 aliphatic rings. The van der Waals surface area contributed by atoms with Crippen LogP contribution in [-0.4, -0.2) is 42.2 Å². The zero-order chi connectivity index (χ0) is 18.3. The number of carbonyl (C=O) groups is 2. The molecule has 11 heteroatoms. The van der Waals surface area contributed by atoms with Gasteiger partial charge in [0.25, 0.3) is 11.4 Å². The van der Waals surface area contributed by atoms with Crippen molar-refractivity contribution in [3.05, 3.63) is 55.8 Å². The second kappa shape index (κ2) is 8.12. The summed E-state index contributed by atoms with van der Waals surface area (Å²) >= 11 is 0. The molecule has 24 heavy (non-hydrogen) atoms. The molecule has 1 aromatic carbocycles. The van der Waals surface area contributed by atoms with Crippen LogP contribution in [0.3, 0.4) is 0 Å². The molecule has 0 aliphatic heterocycles. The highest BCUT2D eigenvalue weighted by Gasteiger charge is 2.19. The van der Waals surface area contributed by atoms with Gasteiger partial charge >= 0.3 is 11.9 Å². The smallest absolute Gasteiger partial charge is 0.356 e. The summed E-state index contributed by atoms with van der Waals surface area (Å²) in [5.74, 6) is -1.85. The summed E-state index contributed by atoms with van der Waals surface area (Å²) in [6.07, 6.45) is 1.65. The molecule has 0 fully saturated rings. The number of ether oxygens (including phenoxy) is 2. The number of rotatable bonds is 6. The molecule has 0 amide bonds. The van der Waals surface area contributed by atoms with E-state index in [0.717, 1.165) is 44.7 Å². The molecule has 1 rings (SSSR count). The van der Waals surface area contributed by atoms with Crippen LogP contribution >= 0.6 is 0 Å². The molecule has 1 aromatic rings. The Morgan fingerprint density at radius 1 is 1.12 bits per heavy atom. The Labute approximate surface area is 134 Å². The summed E-state index contributed by atoms with van der Waals surface area (Å²) in [7, 11) is 2.13. The number of non-ortho nitro benzene ring substituents is 1. The average molecular weight is 337 g/mol. The van der Waals surface area contributed by atoms with Gasteiger partial charge in [-0.3, -0.25) is 20.2 Å². The van der Waals surface area contributed by atoms with Gasteiger partial charge in [0.05, 0.1) is 41.8 Å². The van der Waals surface area contributed by atoms with Gasteiger partial charge in [0.1, 0.15) is 0 Å². The third-order valence-corrected chi connectivity index (χ3v) is 2.61. The second-order valence-corrected chi connectivity index (χ2v) is 4.06. The number of methoxy groups -OCH3 is 2. The third kappa shape index (κ3) is 4.69. The lowest BCUT2D eigenvalue weighted by atomic mass is 10.2. The Kier molecular flexibility index (Phi) is 6.23. The molecule has 0 N–H and O–H groups in total. The fourth-order valence-corrected chi connectivity index (χ4v) is 1.48. The van der Waals surface area contributed by atoms with Gasteiger partial charge in [-0.05, 0) is 6.07 Å². The zero-order valence-electron chi connectivity index (χ0n) is 12.5. The fourth-order valence-electron chi connectivity index (χ4n) is 1.48. The Bertz CT molecular complexity index is 754. The SMILES string of the molecule is COC(=O)/C=C(\N=Cc1ccc([N+](=O)[O-])cc1[N+](=O)[O-])C(=O)OC. The number of nitro groups is 2. The number of esters is 2. The molecule has 0 spiro atoms. The van der Waals surface area contributed by atoms with Crippen LogP contribution < -0.4 is 0 Å². The Balaban J connectivity index is 3.30. The van der Waals surface area contributed by atoms with E-state index in [4.69, 9.17) is 0 Å². The maximum atomic E-state index is 11.5. The van der Waals surface area contributed by atoms with E-state index >= 15 is 0 Å². The van der Waals surface area contributed by atoms with Gasteiger partial charge in [-0.1, -0.05) is 0 Å². The first-order chi connectivity index (χ1) is 11.3. The molecular weight excluding hydrogens is 326 g/mol. The predicted octanol–water partition coefficient (Wildman–Crippen LogP) is 1.15. The summed E-state index contributed by atoms with van der Waals surface area (Å²) in [6, 6.07) is 2.88. The number of hydrogen-bond donors (Lipinski definition) is 0. The molecule has 0 heterocycles. The van der Waals surface area contributed by atoms with E-state index in [1.807, 2.05) is 0 Å².